The van der Waals surface area contributed by atoms with Gasteiger partial charge in [-0.25, -0.2) is 0 Å². The Labute approximate surface area is 382 Å². The highest BCUT2D eigenvalue weighted by molar-refractivity contribution is 6.19. The molecule has 11 aromatic carbocycles. The highest BCUT2D eigenvalue weighted by Crippen LogP contribution is 2.44. The highest BCUT2D eigenvalue weighted by atomic mass is 15.2. The van der Waals surface area contributed by atoms with Crippen LogP contribution in [0.2, 0.25) is 0 Å². The molecular weight excluding hydrogens is 801 g/mol. The summed E-state index contributed by atoms with van der Waals surface area (Å²) in [6.45, 7) is 0. The maximum Gasteiger partial charge on any atom is 0.0548 e. The molecule has 0 atom stereocenters. The number of hydrogen-bond donors (Lipinski definition) is 0. The first-order chi connectivity index (χ1) is 32.8. The molecule has 0 bridgehead atoms. The van der Waals surface area contributed by atoms with E-state index in [-0.39, 0.29) is 0 Å². The fourth-order valence-corrected chi connectivity index (χ4v) is 10.3. The Morgan fingerprint density at radius 1 is 0.227 bits per heavy atom. The van der Waals surface area contributed by atoms with E-state index in [9.17, 15) is 0 Å². The van der Waals surface area contributed by atoms with E-state index in [1.165, 1.54) is 65.2 Å². The summed E-state index contributed by atoms with van der Waals surface area (Å²) in [7, 11) is 0. The molecular formula is C62H42N4. The fraction of sp³-hybridized carbons (Fsp3) is 0. The van der Waals surface area contributed by atoms with E-state index >= 15 is 0 Å². The van der Waals surface area contributed by atoms with Crippen molar-refractivity contribution in [1.82, 2.24) is 9.13 Å². The second-order valence-corrected chi connectivity index (χ2v) is 17.0. The topological polar surface area (TPSA) is 16.3 Å². The third kappa shape index (κ3) is 6.07. The van der Waals surface area contributed by atoms with Gasteiger partial charge in [-0.15, -0.1) is 0 Å². The van der Waals surface area contributed by atoms with Gasteiger partial charge in [0.25, 0.3) is 0 Å². The lowest BCUT2D eigenvalue weighted by molar-refractivity contribution is 1.17. The molecule has 2 aromatic heterocycles. The number of aromatic nitrogens is 2. The largest absolute Gasteiger partial charge is 0.310 e. The van der Waals surface area contributed by atoms with E-state index in [0.29, 0.717) is 0 Å². The predicted molar refractivity (Wildman–Crippen MR) is 279 cm³/mol. The number of nitrogens with zero attached hydrogens (tertiary/aromatic N) is 4. The zero-order valence-electron chi connectivity index (χ0n) is 36.0. The Morgan fingerprint density at radius 2 is 0.561 bits per heavy atom. The number of benzene rings is 11. The van der Waals surface area contributed by atoms with Crippen LogP contribution in [0.15, 0.2) is 255 Å². The Morgan fingerprint density at radius 3 is 0.985 bits per heavy atom. The molecule has 13 rings (SSSR count). The maximum absolute atomic E-state index is 2.44. The summed E-state index contributed by atoms with van der Waals surface area (Å²) in [5, 5.41) is 9.74. The van der Waals surface area contributed by atoms with Gasteiger partial charge in [0.2, 0.25) is 0 Å². The molecule has 0 amide bonds. The van der Waals surface area contributed by atoms with Gasteiger partial charge >= 0.3 is 0 Å². The summed E-state index contributed by atoms with van der Waals surface area (Å²) in [5.41, 5.74) is 13.7. The van der Waals surface area contributed by atoms with Crippen LogP contribution in [-0.2, 0) is 0 Å². The van der Waals surface area contributed by atoms with Crippen LogP contribution in [0.3, 0.4) is 0 Å². The summed E-state index contributed by atoms with van der Waals surface area (Å²) in [4.78, 5) is 4.73. The summed E-state index contributed by atoms with van der Waals surface area (Å²) < 4.78 is 4.87. The lowest BCUT2D eigenvalue weighted by atomic mass is 10.1. The number of fused-ring (bicyclic) bond motifs is 8. The number of hydrogen-bond acceptors (Lipinski definition) is 2. The Balaban J connectivity index is 0.953. The first-order valence-corrected chi connectivity index (χ1v) is 22.6. The third-order valence-corrected chi connectivity index (χ3v) is 13.2. The first-order valence-electron chi connectivity index (χ1n) is 22.6. The monoisotopic (exact) mass is 842 g/mol. The molecule has 66 heavy (non-hydrogen) atoms. The molecule has 0 aliphatic carbocycles. The van der Waals surface area contributed by atoms with Crippen LogP contribution in [0.4, 0.5) is 34.1 Å². The minimum atomic E-state index is 1.10. The molecule has 2 heterocycles. The lowest BCUT2D eigenvalue weighted by Crippen LogP contribution is -2.10. The zero-order valence-corrected chi connectivity index (χ0v) is 36.0. The summed E-state index contributed by atoms with van der Waals surface area (Å²) >= 11 is 0. The predicted octanol–water partition coefficient (Wildman–Crippen LogP) is 17.1. The quantitative estimate of drug-likeness (QED) is 0.152. The molecule has 310 valence electrons. The van der Waals surface area contributed by atoms with E-state index in [0.717, 1.165) is 45.5 Å². The van der Waals surface area contributed by atoms with Gasteiger partial charge in [0, 0.05) is 66.4 Å². The number of anilines is 6. The van der Waals surface area contributed by atoms with E-state index < -0.39 is 0 Å². The summed E-state index contributed by atoms with van der Waals surface area (Å²) in [6.07, 6.45) is 0. The van der Waals surface area contributed by atoms with Crippen molar-refractivity contribution in [3.63, 3.8) is 0 Å². The van der Waals surface area contributed by atoms with Crippen LogP contribution in [0.25, 0.3) is 76.5 Å². The number of para-hydroxylation sites is 4. The molecule has 0 aliphatic rings. The molecule has 4 nitrogen and oxygen atoms in total. The highest BCUT2D eigenvalue weighted by Gasteiger charge is 2.21. The Bertz CT molecular complexity index is 3650. The molecule has 0 aliphatic heterocycles. The lowest BCUT2D eigenvalue weighted by Gasteiger charge is -2.27. The minimum absolute atomic E-state index is 1.10. The van der Waals surface area contributed by atoms with E-state index in [4.69, 9.17) is 0 Å². The Hall–Kier alpha value is -8.86. The molecule has 0 saturated carbocycles. The van der Waals surface area contributed by atoms with Crippen molar-refractivity contribution < 1.29 is 0 Å². The number of rotatable bonds is 8. The maximum atomic E-state index is 2.44. The van der Waals surface area contributed by atoms with Gasteiger partial charge in [0.05, 0.1) is 33.4 Å². The average molecular weight is 843 g/mol. The molecule has 4 heteroatoms. The van der Waals surface area contributed by atoms with Crippen LogP contribution < -0.4 is 9.80 Å². The third-order valence-electron chi connectivity index (χ3n) is 13.2. The van der Waals surface area contributed by atoms with Crippen LogP contribution in [0.5, 0.6) is 0 Å². The van der Waals surface area contributed by atoms with Crippen LogP contribution >= 0.6 is 0 Å². The van der Waals surface area contributed by atoms with E-state index in [1.807, 2.05) is 0 Å². The molecule has 0 unspecified atom stereocenters. The molecule has 0 saturated heterocycles. The zero-order chi connectivity index (χ0) is 43.6. The average Bonchev–Trinajstić information content (AvgIpc) is 3.89. The van der Waals surface area contributed by atoms with Gasteiger partial charge in [-0.2, -0.15) is 0 Å². The molecule has 0 radical (unpaired) electrons. The molecule has 0 N–H and O–H groups in total. The van der Waals surface area contributed by atoms with E-state index in [2.05, 4.69) is 274 Å². The SMILES string of the molecule is c1ccc(N(c2ccc(-n3c4ccccc4c4cc5c(cc43)c3ccccc3n5-c3ccc(N(c4ccccc4)c4cccc5ccccc45)cc3)cc2)c2cccc3ccccc23)cc1. The van der Waals surface area contributed by atoms with Gasteiger partial charge in [0.15, 0.2) is 0 Å². The van der Waals surface area contributed by atoms with Crippen molar-refractivity contribution in [2.45, 2.75) is 0 Å². The van der Waals surface area contributed by atoms with Gasteiger partial charge in [-0.3, -0.25) is 0 Å². The van der Waals surface area contributed by atoms with Crippen molar-refractivity contribution in [2.24, 2.45) is 0 Å². The second kappa shape index (κ2) is 15.4. The van der Waals surface area contributed by atoms with Gasteiger partial charge in [-0.05, 0) is 120 Å². The smallest absolute Gasteiger partial charge is 0.0548 e. The van der Waals surface area contributed by atoms with Crippen molar-refractivity contribution in [2.75, 3.05) is 9.80 Å². The Kier molecular flexibility index (Phi) is 8.81. The van der Waals surface area contributed by atoms with Crippen molar-refractivity contribution in [1.29, 1.82) is 0 Å². The second-order valence-electron chi connectivity index (χ2n) is 17.0. The van der Waals surface area contributed by atoms with Gasteiger partial charge < -0.3 is 18.9 Å². The first kappa shape index (κ1) is 37.7. The molecule has 13 aromatic rings. The van der Waals surface area contributed by atoms with Gasteiger partial charge in [0.1, 0.15) is 0 Å². The summed E-state index contributed by atoms with van der Waals surface area (Å²) in [6, 6.07) is 92.3. The normalized spacial score (nSPS) is 11.6. The fourth-order valence-electron chi connectivity index (χ4n) is 10.3. The van der Waals surface area contributed by atoms with Crippen LogP contribution in [0.1, 0.15) is 0 Å². The minimum Gasteiger partial charge on any atom is -0.310 e. The van der Waals surface area contributed by atoms with Crippen molar-refractivity contribution in [3.8, 4) is 11.4 Å². The van der Waals surface area contributed by atoms with Crippen molar-refractivity contribution in [3.05, 3.63) is 255 Å². The van der Waals surface area contributed by atoms with Gasteiger partial charge in [-0.1, -0.05) is 146 Å². The summed E-state index contributed by atoms with van der Waals surface area (Å²) in [5.74, 6) is 0. The van der Waals surface area contributed by atoms with Crippen LogP contribution in [-0.4, -0.2) is 9.13 Å². The molecule has 0 spiro atoms. The van der Waals surface area contributed by atoms with Crippen molar-refractivity contribution >= 4 is 99.3 Å². The molecule has 0 fully saturated rings. The van der Waals surface area contributed by atoms with E-state index in [1.54, 1.807) is 0 Å². The standard InChI is InChI=1S/C62H42N4/c1-3-21-45(22-4-1)63(57-31-15-19-43-17-7-9-25-51(43)57)47-33-37-49(38-34-47)65-59-29-13-11-27-53(59)55-42-62-56(41-61(55)65)54-28-12-14-30-60(54)66(62)50-39-35-48(36-40-50)64(46-23-5-2-6-24-46)58-32-16-20-44-18-8-10-26-52(44)58/h1-42H. The van der Waals surface area contributed by atoms with Crippen LogP contribution in [0, 0.1) is 0 Å².